The van der Waals surface area contributed by atoms with Gasteiger partial charge in [0.1, 0.15) is 0 Å². The molecule has 0 aliphatic carbocycles. The Morgan fingerprint density at radius 2 is 1.89 bits per heavy atom. The highest BCUT2D eigenvalue weighted by atomic mass is 16.4. The standard InChI is InChI=1S/C13H24N2O3/c1-8(2)9(3)14(5)13(18)15-7-6-11(10(15)4)12(16)17/h8-11H,6-7H2,1-5H3,(H,16,17). The van der Waals surface area contributed by atoms with Gasteiger partial charge in [-0.2, -0.15) is 0 Å². The molecule has 1 rings (SSSR count). The van der Waals surface area contributed by atoms with E-state index in [1.54, 1.807) is 16.8 Å². The van der Waals surface area contributed by atoms with E-state index in [0.717, 1.165) is 0 Å². The SMILES string of the molecule is CC(C)C(C)N(C)C(=O)N1CCC(C(=O)O)C1C. The summed E-state index contributed by atoms with van der Waals surface area (Å²) in [4.78, 5) is 26.8. The number of likely N-dealkylation sites (tertiary alicyclic amines) is 1. The van der Waals surface area contributed by atoms with Crippen molar-refractivity contribution in [2.24, 2.45) is 11.8 Å². The minimum absolute atomic E-state index is 0.0625. The Bertz CT molecular complexity index is 330. The summed E-state index contributed by atoms with van der Waals surface area (Å²) in [5.41, 5.74) is 0. The van der Waals surface area contributed by atoms with Gasteiger partial charge in [-0.1, -0.05) is 13.8 Å². The van der Waals surface area contributed by atoms with E-state index in [-0.39, 0.29) is 18.1 Å². The molecule has 5 heteroatoms. The van der Waals surface area contributed by atoms with Crippen LogP contribution in [0.25, 0.3) is 0 Å². The lowest BCUT2D eigenvalue weighted by molar-refractivity contribution is -0.142. The van der Waals surface area contributed by atoms with Crippen LogP contribution in [0.4, 0.5) is 4.79 Å². The van der Waals surface area contributed by atoms with E-state index >= 15 is 0 Å². The van der Waals surface area contributed by atoms with Crippen molar-refractivity contribution in [3.63, 3.8) is 0 Å². The van der Waals surface area contributed by atoms with Gasteiger partial charge in [0.15, 0.2) is 0 Å². The Labute approximate surface area is 109 Å². The summed E-state index contributed by atoms with van der Waals surface area (Å²) in [6.45, 7) is 8.51. The normalized spacial score (nSPS) is 25.3. The molecule has 1 aliphatic heterocycles. The molecule has 0 aromatic carbocycles. The molecule has 1 fully saturated rings. The maximum atomic E-state index is 12.3. The molecule has 2 amide bonds. The maximum Gasteiger partial charge on any atom is 0.320 e. The topological polar surface area (TPSA) is 60.9 Å². The van der Waals surface area contributed by atoms with Gasteiger partial charge in [-0.25, -0.2) is 4.79 Å². The zero-order chi connectivity index (χ0) is 14.0. The molecular formula is C13H24N2O3. The third-order valence-electron chi connectivity index (χ3n) is 4.20. The molecule has 1 aliphatic rings. The van der Waals surface area contributed by atoms with Crippen LogP contribution in [-0.2, 0) is 4.79 Å². The predicted octanol–water partition coefficient (Wildman–Crippen LogP) is 1.88. The highest BCUT2D eigenvalue weighted by Gasteiger charge is 2.39. The van der Waals surface area contributed by atoms with Crippen LogP contribution in [0.1, 0.15) is 34.1 Å². The van der Waals surface area contributed by atoms with Crippen molar-refractivity contribution in [1.82, 2.24) is 9.80 Å². The number of hydrogen-bond donors (Lipinski definition) is 1. The van der Waals surface area contributed by atoms with Gasteiger partial charge in [0.25, 0.3) is 0 Å². The van der Waals surface area contributed by atoms with Gasteiger partial charge in [0.2, 0.25) is 0 Å². The van der Waals surface area contributed by atoms with Crippen LogP contribution < -0.4 is 0 Å². The molecule has 104 valence electrons. The molecule has 0 radical (unpaired) electrons. The fraction of sp³-hybridized carbons (Fsp3) is 0.846. The molecule has 18 heavy (non-hydrogen) atoms. The van der Waals surface area contributed by atoms with Crippen molar-refractivity contribution in [3.05, 3.63) is 0 Å². The lowest BCUT2D eigenvalue weighted by Crippen LogP contribution is -2.48. The molecule has 3 atom stereocenters. The zero-order valence-corrected chi connectivity index (χ0v) is 11.9. The summed E-state index contributed by atoms with van der Waals surface area (Å²) >= 11 is 0. The minimum atomic E-state index is -0.808. The second-order valence-electron chi connectivity index (χ2n) is 5.55. The van der Waals surface area contributed by atoms with Crippen molar-refractivity contribution in [1.29, 1.82) is 0 Å². The first-order valence-electron chi connectivity index (χ1n) is 6.53. The molecule has 3 unspecified atom stereocenters. The molecule has 0 spiro atoms. The second-order valence-corrected chi connectivity index (χ2v) is 5.55. The van der Waals surface area contributed by atoms with E-state index in [1.807, 2.05) is 13.8 Å². The largest absolute Gasteiger partial charge is 0.481 e. The first-order valence-corrected chi connectivity index (χ1v) is 6.53. The summed E-state index contributed by atoms with van der Waals surface area (Å²) in [6.07, 6.45) is 0.548. The molecule has 0 bridgehead atoms. The van der Waals surface area contributed by atoms with Gasteiger partial charge in [-0.05, 0) is 26.2 Å². The number of carboxylic acid groups (broad SMARTS) is 1. The number of carbonyl (C=O) groups excluding carboxylic acids is 1. The van der Waals surface area contributed by atoms with E-state index in [4.69, 9.17) is 5.11 Å². The lowest BCUT2D eigenvalue weighted by atomic mass is 10.0. The minimum Gasteiger partial charge on any atom is -0.481 e. The van der Waals surface area contributed by atoms with Crippen molar-refractivity contribution < 1.29 is 14.7 Å². The summed E-state index contributed by atoms with van der Waals surface area (Å²) < 4.78 is 0. The number of aliphatic carboxylic acids is 1. The summed E-state index contributed by atoms with van der Waals surface area (Å²) in [7, 11) is 1.79. The quantitative estimate of drug-likeness (QED) is 0.838. The van der Waals surface area contributed by atoms with Crippen LogP contribution in [0.5, 0.6) is 0 Å². The summed E-state index contributed by atoms with van der Waals surface area (Å²) in [5.74, 6) is -0.860. The number of urea groups is 1. The monoisotopic (exact) mass is 256 g/mol. The average molecular weight is 256 g/mol. The van der Waals surface area contributed by atoms with E-state index in [9.17, 15) is 9.59 Å². The second kappa shape index (κ2) is 5.59. The number of rotatable bonds is 3. The van der Waals surface area contributed by atoms with Gasteiger partial charge < -0.3 is 14.9 Å². The van der Waals surface area contributed by atoms with Crippen LogP contribution in [0.15, 0.2) is 0 Å². The third-order valence-corrected chi connectivity index (χ3v) is 4.20. The van der Waals surface area contributed by atoms with E-state index in [2.05, 4.69) is 13.8 Å². The Hall–Kier alpha value is -1.26. The van der Waals surface area contributed by atoms with Gasteiger partial charge in [0, 0.05) is 25.7 Å². The highest BCUT2D eigenvalue weighted by molar-refractivity contribution is 5.78. The Balaban J connectivity index is 2.72. The van der Waals surface area contributed by atoms with Crippen molar-refractivity contribution in [2.45, 2.75) is 46.2 Å². The zero-order valence-electron chi connectivity index (χ0n) is 11.9. The smallest absolute Gasteiger partial charge is 0.320 e. The Morgan fingerprint density at radius 1 is 1.33 bits per heavy atom. The molecule has 5 nitrogen and oxygen atoms in total. The molecule has 1 saturated heterocycles. The van der Waals surface area contributed by atoms with Crippen LogP contribution in [0.2, 0.25) is 0 Å². The Kier molecular flexibility index (Phi) is 4.59. The predicted molar refractivity (Wildman–Crippen MR) is 69.4 cm³/mol. The molecule has 0 saturated carbocycles. The fourth-order valence-corrected chi connectivity index (χ4v) is 2.36. The van der Waals surface area contributed by atoms with Gasteiger partial charge in [-0.3, -0.25) is 4.79 Å². The molecule has 1 heterocycles. The van der Waals surface area contributed by atoms with Crippen LogP contribution in [-0.4, -0.2) is 52.6 Å². The van der Waals surface area contributed by atoms with Gasteiger partial charge >= 0.3 is 12.0 Å². The number of hydrogen-bond acceptors (Lipinski definition) is 2. The first-order chi connectivity index (χ1) is 8.27. The first kappa shape index (κ1) is 14.8. The summed E-state index contributed by atoms with van der Waals surface area (Å²) in [5, 5.41) is 9.07. The van der Waals surface area contributed by atoms with Crippen molar-refractivity contribution >= 4 is 12.0 Å². The fourth-order valence-electron chi connectivity index (χ4n) is 2.36. The van der Waals surface area contributed by atoms with Gasteiger partial charge in [-0.15, -0.1) is 0 Å². The molecule has 0 aromatic heterocycles. The highest BCUT2D eigenvalue weighted by Crippen LogP contribution is 2.26. The summed E-state index contributed by atoms with van der Waals surface area (Å²) in [6, 6.07) is -0.141. The molecule has 0 aromatic rings. The lowest BCUT2D eigenvalue weighted by Gasteiger charge is -2.34. The van der Waals surface area contributed by atoms with Crippen LogP contribution in [0.3, 0.4) is 0 Å². The number of amides is 2. The molecular weight excluding hydrogens is 232 g/mol. The van der Waals surface area contributed by atoms with Gasteiger partial charge in [0.05, 0.1) is 5.92 Å². The number of carboxylic acids is 1. The maximum absolute atomic E-state index is 12.3. The molecule has 1 N–H and O–H groups in total. The van der Waals surface area contributed by atoms with Crippen LogP contribution in [0, 0.1) is 11.8 Å². The van der Waals surface area contributed by atoms with Crippen molar-refractivity contribution in [2.75, 3.05) is 13.6 Å². The number of nitrogens with zero attached hydrogens (tertiary/aromatic N) is 2. The average Bonchev–Trinajstić information content (AvgIpc) is 2.68. The number of carbonyl (C=O) groups is 2. The third kappa shape index (κ3) is 2.76. The van der Waals surface area contributed by atoms with E-state index < -0.39 is 11.9 Å². The van der Waals surface area contributed by atoms with E-state index in [1.165, 1.54) is 0 Å². The van der Waals surface area contributed by atoms with Crippen LogP contribution >= 0.6 is 0 Å². The van der Waals surface area contributed by atoms with Crippen molar-refractivity contribution in [3.8, 4) is 0 Å². The Morgan fingerprint density at radius 3 is 2.28 bits per heavy atom. The van der Waals surface area contributed by atoms with E-state index in [0.29, 0.717) is 18.9 Å².